The van der Waals surface area contributed by atoms with E-state index in [9.17, 15) is 18.0 Å². The summed E-state index contributed by atoms with van der Waals surface area (Å²) in [6.45, 7) is 7.48. The lowest BCUT2D eigenvalue weighted by Gasteiger charge is -2.29. The van der Waals surface area contributed by atoms with E-state index in [2.05, 4.69) is 15.3 Å². The van der Waals surface area contributed by atoms with Crippen molar-refractivity contribution in [3.63, 3.8) is 0 Å². The SMILES string of the molecule is Cc1nc(C)c2c(C)c(C(=O)NC(C)C(=O)N3CCS(=O)(=O)CC3)sc2n1. The number of carbonyl (C=O) groups is 2. The topological polar surface area (TPSA) is 109 Å². The van der Waals surface area contributed by atoms with Crippen molar-refractivity contribution in [3.8, 4) is 0 Å². The van der Waals surface area contributed by atoms with Crippen LogP contribution >= 0.6 is 11.3 Å². The van der Waals surface area contributed by atoms with E-state index < -0.39 is 15.9 Å². The molecule has 1 atom stereocenters. The van der Waals surface area contributed by atoms with Crippen LogP contribution < -0.4 is 5.32 Å². The van der Waals surface area contributed by atoms with Crippen LogP contribution in [0.3, 0.4) is 0 Å². The van der Waals surface area contributed by atoms with Gasteiger partial charge in [0.15, 0.2) is 9.84 Å². The second kappa shape index (κ2) is 7.16. The Labute approximate surface area is 161 Å². The van der Waals surface area contributed by atoms with E-state index in [1.54, 1.807) is 13.8 Å². The highest BCUT2D eigenvalue weighted by atomic mass is 32.2. The van der Waals surface area contributed by atoms with Crippen molar-refractivity contribution in [3.05, 3.63) is 22.0 Å². The molecule has 2 aromatic heterocycles. The number of amides is 2. The first kappa shape index (κ1) is 19.7. The first-order valence-electron chi connectivity index (χ1n) is 8.63. The van der Waals surface area contributed by atoms with E-state index in [-0.39, 0.29) is 36.4 Å². The zero-order valence-electron chi connectivity index (χ0n) is 15.7. The normalized spacial score (nSPS) is 17.7. The zero-order valence-corrected chi connectivity index (χ0v) is 17.3. The van der Waals surface area contributed by atoms with Crippen LogP contribution in [-0.4, -0.2) is 65.7 Å². The number of fused-ring (bicyclic) bond motifs is 1. The summed E-state index contributed by atoms with van der Waals surface area (Å²) in [4.78, 5) is 36.7. The quantitative estimate of drug-likeness (QED) is 0.808. The van der Waals surface area contributed by atoms with Crippen LogP contribution in [0.1, 0.15) is 33.7 Å². The number of sulfone groups is 1. The summed E-state index contributed by atoms with van der Waals surface area (Å²) < 4.78 is 23.0. The molecule has 3 heterocycles. The maximum atomic E-state index is 12.7. The molecular weight excluding hydrogens is 388 g/mol. The van der Waals surface area contributed by atoms with Gasteiger partial charge in [0.05, 0.1) is 16.4 Å². The Kier molecular flexibility index (Phi) is 5.22. The van der Waals surface area contributed by atoms with Crippen LogP contribution in [-0.2, 0) is 14.6 Å². The summed E-state index contributed by atoms with van der Waals surface area (Å²) in [6.07, 6.45) is 0. The monoisotopic (exact) mass is 410 g/mol. The molecule has 3 rings (SSSR count). The summed E-state index contributed by atoms with van der Waals surface area (Å²) >= 11 is 1.28. The summed E-state index contributed by atoms with van der Waals surface area (Å²) in [5.74, 6) is -0.0307. The number of hydrogen-bond donors (Lipinski definition) is 1. The molecule has 2 amide bonds. The van der Waals surface area contributed by atoms with Crippen molar-refractivity contribution < 1.29 is 18.0 Å². The van der Waals surface area contributed by atoms with Gasteiger partial charge in [0.2, 0.25) is 5.91 Å². The fraction of sp³-hybridized carbons (Fsp3) is 0.529. The Hall–Kier alpha value is -2.07. The number of aromatic nitrogens is 2. The molecule has 2 aromatic rings. The number of carbonyl (C=O) groups excluding carboxylic acids is 2. The van der Waals surface area contributed by atoms with E-state index in [4.69, 9.17) is 0 Å². The van der Waals surface area contributed by atoms with Crippen molar-refractivity contribution in [2.45, 2.75) is 33.7 Å². The van der Waals surface area contributed by atoms with Gasteiger partial charge in [0, 0.05) is 24.2 Å². The average Bonchev–Trinajstić information content (AvgIpc) is 2.91. The van der Waals surface area contributed by atoms with Gasteiger partial charge in [0.1, 0.15) is 16.7 Å². The number of rotatable bonds is 3. The molecule has 0 saturated carbocycles. The van der Waals surface area contributed by atoms with Gasteiger partial charge in [-0.1, -0.05) is 0 Å². The number of nitrogens with zero attached hydrogens (tertiary/aromatic N) is 3. The third-order valence-corrected chi connectivity index (χ3v) is 7.46. The van der Waals surface area contributed by atoms with Crippen LogP contribution in [0.5, 0.6) is 0 Å². The molecule has 0 aliphatic carbocycles. The molecule has 0 aromatic carbocycles. The van der Waals surface area contributed by atoms with Gasteiger partial charge in [-0.2, -0.15) is 0 Å². The standard InChI is InChI=1S/C17H22N4O4S2/c1-9-13-10(2)18-12(4)20-16(13)26-14(9)15(22)19-11(3)17(23)21-5-7-27(24,25)8-6-21/h11H,5-8H2,1-4H3,(H,19,22). The molecule has 1 saturated heterocycles. The van der Waals surface area contributed by atoms with Gasteiger partial charge in [-0.25, -0.2) is 18.4 Å². The average molecular weight is 411 g/mol. The van der Waals surface area contributed by atoms with Crippen molar-refractivity contribution in [1.29, 1.82) is 0 Å². The maximum absolute atomic E-state index is 12.7. The Morgan fingerprint density at radius 3 is 2.41 bits per heavy atom. The largest absolute Gasteiger partial charge is 0.340 e. The Bertz CT molecular complexity index is 1020. The molecule has 1 unspecified atom stereocenters. The van der Waals surface area contributed by atoms with Gasteiger partial charge < -0.3 is 10.2 Å². The molecule has 0 radical (unpaired) electrons. The minimum absolute atomic E-state index is 0.0356. The minimum atomic E-state index is -3.06. The number of nitrogens with one attached hydrogen (secondary N) is 1. The Balaban J connectivity index is 1.75. The van der Waals surface area contributed by atoms with Gasteiger partial charge >= 0.3 is 0 Å². The molecule has 146 valence electrons. The van der Waals surface area contributed by atoms with Crippen molar-refractivity contribution in [2.75, 3.05) is 24.6 Å². The van der Waals surface area contributed by atoms with Crippen molar-refractivity contribution >= 4 is 43.2 Å². The highest BCUT2D eigenvalue weighted by Gasteiger charge is 2.29. The Morgan fingerprint density at radius 2 is 1.78 bits per heavy atom. The summed E-state index contributed by atoms with van der Waals surface area (Å²) in [7, 11) is -3.06. The van der Waals surface area contributed by atoms with Crippen molar-refractivity contribution in [1.82, 2.24) is 20.2 Å². The predicted molar refractivity (Wildman–Crippen MR) is 104 cm³/mol. The van der Waals surface area contributed by atoms with Crippen LogP contribution in [0, 0.1) is 20.8 Å². The number of aryl methyl sites for hydroxylation is 3. The molecule has 1 aliphatic rings. The summed E-state index contributed by atoms with van der Waals surface area (Å²) in [5.41, 5.74) is 1.62. The summed E-state index contributed by atoms with van der Waals surface area (Å²) in [6, 6.07) is -0.739. The smallest absolute Gasteiger partial charge is 0.262 e. The molecule has 0 bridgehead atoms. The van der Waals surface area contributed by atoms with Gasteiger partial charge in [-0.3, -0.25) is 9.59 Å². The molecule has 1 aliphatic heterocycles. The van der Waals surface area contributed by atoms with Gasteiger partial charge in [-0.15, -0.1) is 11.3 Å². The highest BCUT2D eigenvalue weighted by molar-refractivity contribution is 7.91. The van der Waals surface area contributed by atoms with Gasteiger partial charge in [-0.05, 0) is 33.3 Å². The lowest BCUT2D eigenvalue weighted by Crippen LogP contribution is -2.51. The maximum Gasteiger partial charge on any atom is 0.262 e. The third kappa shape index (κ3) is 3.96. The first-order chi connectivity index (χ1) is 12.6. The third-order valence-electron chi connectivity index (χ3n) is 4.66. The molecule has 10 heteroatoms. The van der Waals surface area contributed by atoms with E-state index in [1.165, 1.54) is 16.2 Å². The first-order valence-corrected chi connectivity index (χ1v) is 11.3. The molecule has 27 heavy (non-hydrogen) atoms. The fourth-order valence-corrected chi connectivity index (χ4v) is 5.60. The number of thiophene rings is 1. The molecule has 0 spiro atoms. The number of hydrogen-bond acceptors (Lipinski definition) is 7. The van der Waals surface area contributed by atoms with Crippen molar-refractivity contribution in [2.24, 2.45) is 0 Å². The molecule has 1 N–H and O–H groups in total. The van der Waals surface area contributed by atoms with Crippen LogP contribution in [0.25, 0.3) is 10.2 Å². The molecular formula is C17H22N4O4S2. The van der Waals surface area contributed by atoms with E-state index in [0.717, 1.165) is 21.5 Å². The van der Waals surface area contributed by atoms with E-state index >= 15 is 0 Å². The van der Waals surface area contributed by atoms with Crippen LogP contribution in [0.4, 0.5) is 0 Å². The second-order valence-corrected chi connectivity index (χ2v) is 10.1. The molecule has 8 nitrogen and oxygen atoms in total. The van der Waals surface area contributed by atoms with Crippen LogP contribution in [0.2, 0.25) is 0 Å². The van der Waals surface area contributed by atoms with Crippen LogP contribution in [0.15, 0.2) is 0 Å². The lowest BCUT2D eigenvalue weighted by atomic mass is 10.1. The fourth-order valence-electron chi connectivity index (χ4n) is 3.22. The van der Waals surface area contributed by atoms with E-state index in [1.807, 2.05) is 13.8 Å². The second-order valence-electron chi connectivity index (χ2n) is 6.76. The predicted octanol–water partition coefficient (Wildman–Crippen LogP) is 0.992. The van der Waals surface area contributed by atoms with E-state index in [0.29, 0.717) is 10.7 Å². The minimum Gasteiger partial charge on any atom is -0.340 e. The lowest BCUT2D eigenvalue weighted by molar-refractivity contribution is -0.132. The Morgan fingerprint density at radius 1 is 1.15 bits per heavy atom. The molecule has 1 fully saturated rings. The zero-order chi connectivity index (χ0) is 19.9. The summed E-state index contributed by atoms with van der Waals surface area (Å²) in [5, 5.41) is 3.60. The highest BCUT2D eigenvalue weighted by Crippen LogP contribution is 2.31. The van der Waals surface area contributed by atoms with Gasteiger partial charge in [0.25, 0.3) is 5.91 Å².